The highest BCUT2D eigenvalue weighted by atomic mass is 79.9. The molecule has 0 amide bonds. The van der Waals surface area contributed by atoms with Crippen LogP contribution in [0.4, 0.5) is 5.13 Å². The summed E-state index contributed by atoms with van der Waals surface area (Å²) in [7, 11) is 0. The fourth-order valence-corrected chi connectivity index (χ4v) is 1.46. The van der Waals surface area contributed by atoms with Crippen LogP contribution in [0.3, 0.4) is 0 Å². The molecule has 0 unspecified atom stereocenters. The molecule has 0 radical (unpaired) electrons. The Morgan fingerprint density at radius 2 is 2.64 bits per heavy atom. The Kier molecular flexibility index (Phi) is 3.36. The van der Waals surface area contributed by atoms with Gasteiger partial charge in [-0.05, 0) is 0 Å². The van der Waals surface area contributed by atoms with E-state index in [-0.39, 0.29) is 0 Å². The van der Waals surface area contributed by atoms with Crippen LogP contribution in [-0.4, -0.2) is 11.5 Å². The van der Waals surface area contributed by atoms with Crippen molar-refractivity contribution < 1.29 is 0 Å². The van der Waals surface area contributed by atoms with E-state index in [4.69, 9.17) is 11.6 Å². The van der Waals surface area contributed by atoms with Crippen molar-refractivity contribution in [1.29, 1.82) is 0 Å². The van der Waals surface area contributed by atoms with Crippen molar-refractivity contribution in [3.63, 3.8) is 0 Å². The SMILES string of the molecule is C=C(Br)CNc1ncc(Cl)s1. The Morgan fingerprint density at radius 1 is 1.91 bits per heavy atom. The molecule has 0 atom stereocenters. The van der Waals surface area contributed by atoms with Crippen LogP contribution in [0.25, 0.3) is 0 Å². The smallest absolute Gasteiger partial charge is 0.184 e. The Hall–Kier alpha value is -0.0600. The van der Waals surface area contributed by atoms with Crippen LogP contribution in [0.2, 0.25) is 4.34 Å². The summed E-state index contributed by atoms with van der Waals surface area (Å²) in [6.45, 7) is 4.35. The van der Waals surface area contributed by atoms with E-state index in [1.165, 1.54) is 11.3 Å². The van der Waals surface area contributed by atoms with Gasteiger partial charge < -0.3 is 5.32 Å². The minimum absolute atomic E-state index is 0.670. The molecule has 0 aromatic carbocycles. The van der Waals surface area contributed by atoms with Gasteiger partial charge in [0.1, 0.15) is 4.34 Å². The van der Waals surface area contributed by atoms with E-state index >= 15 is 0 Å². The van der Waals surface area contributed by atoms with Crippen LogP contribution in [0, 0.1) is 0 Å². The normalized spacial score (nSPS) is 9.64. The number of aromatic nitrogens is 1. The van der Waals surface area contributed by atoms with Gasteiger partial charge in [-0.15, -0.1) is 0 Å². The van der Waals surface area contributed by atoms with Crippen molar-refractivity contribution in [3.05, 3.63) is 21.6 Å². The van der Waals surface area contributed by atoms with Gasteiger partial charge in [0.15, 0.2) is 5.13 Å². The molecule has 0 aliphatic heterocycles. The zero-order chi connectivity index (χ0) is 8.27. The highest BCUT2D eigenvalue weighted by molar-refractivity contribution is 9.11. The first-order valence-electron chi connectivity index (χ1n) is 2.87. The average Bonchev–Trinajstić information content (AvgIpc) is 2.31. The van der Waals surface area contributed by atoms with Gasteiger partial charge in [0.25, 0.3) is 0 Å². The lowest BCUT2D eigenvalue weighted by atomic mass is 10.6. The van der Waals surface area contributed by atoms with Crippen molar-refractivity contribution in [2.75, 3.05) is 11.9 Å². The summed E-state index contributed by atoms with van der Waals surface area (Å²) >= 11 is 10.3. The lowest BCUT2D eigenvalue weighted by molar-refractivity contribution is 1.28. The molecular weight excluding hydrogens is 248 g/mol. The van der Waals surface area contributed by atoms with Crippen LogP contribution in [0.5, 0.6) is 0 Å². The fourth-order valence-electron chi connectivity index (χ4n) is 0.508. The first-order chi connectivity index (χ1) is 5.18. The minimum Gasteiger partial charge on any atom is -0.357 e. The predicted molar refractivity (Wildman–Crippen MR) is 53.7 cm³/mol. The first kappa shape index (κ1) is 9.03. The van der Waals surface area contributed by atoms with Gasteiger partial charge in [-0.1, -0.05) is 45.4 Å². The van der Waals surface area contributed by atoms with Crippen LogP contribution in [0.15, 0.2) is 17.3 Å². The lowest BCUT2D eigenvalue weighted by Gasteiger charge is -1.97. The van der Waals surface area contributed by atoms with Crippen molar-refractivity contribution in [3.8, 4) is 0 Å². The molecule has 2 nitrogen and oxygen atoms in total. The number of nitrogens with zero attached hydrogens (tertiary/aromatic N) is 1. The van der Waals surface area contributed by atoms with Gasteiger partial charge in [0, 0.05) is 11.0 Å². The molecule has 0 aliphatic rings. The third-order valence-corrected chi connectivity index (χ3v) is 2.26. The van der Waals surface area contributed by atoms with Crippen molar-refractivity contribution >= 4 is 44.0 Å². The maximum atomic E-state index is 5.66. The van der Waals surface area contributed by atoms with E-state index in [0.29, 0.717) is 10.9 Å². The number of rotatable bonds is 3. The summed E-state index contributed by atoms with van der Waals surface area (Å²) in [5, 5.41) is 3.86. The lowest BCUT2D eigenvalue weighted by Crippen LogP contribution is -1.99. The molecule has 0 fully saturated rings. The predicted octanol–water partition coefficient (Wildman–Crippen LogP) is 3.12. The van der Waals surface area contributed by atoms with Gasteiger partial charge >= 0.3 is 0 Å². The summed E-state index contributed by atoms with van der Waals surface area (Å²) in [5.74, 6) is 0. The minimum atomic E-state index is 0.670. The Morgan fingerprint density at radius 3 is 3.09 bits per heavy atom. The zero-order valence-electron chi connectivity index (χ0n) is 5.60. The van der Waals surface area contributed by atoms with E-state index in [2.05, 4.69) is 32.8 Å². The van der Waals surface area contributed by atoms with E-state index in [1.807, 2.05) is 0 Å². The molecule has 1 N–H and O–H groups in total. The monoisotopic (exact) mass is 252 g/mol. The average molecular weight is 254 g/mol. The molecule has 0 saturated heterocycles. The summed E-state index contributed by atoms with van der Waals surface area (Å²) in [6, 6.07) is 0. The Labute approximate surface area is 82.4 Å². The molecule has 11 heavy (non-hydrogen) atoms. The fraction of sp³-hybridized carbons (Fsp3) is 0.167. The van der Waals surface area contributed by atoms with Gasteiger partial charge in [0.2, 0.25) is 0 Å². The molecule has 0 bridgehead atoms. The molecule has 1 aromatic heterocycles. The number of hydrogen-bond donors (Lipinski definition) is 1. The number of anilines is 1. The Balaban J connectivity index is 2.45. The third kappa shape index (κ3) is 3.22. The molecule has 0 saturated carbocycles. The number of nitrogens with one attached hydrogen (secondary N) is 1. The first-order valence-corrected chi connectivity index (χ1v) is 4.85. The maximum absolute atomic E-state index is 5.66. The largest absolute Gasteiger partial charge is 0.357 e. The van der Waals surface area contributed by atoms with Crippen LogP contribution < -0.4 is 5.32 Å². The van der Waals surface area contributed by atoms with E-state index in [1.54, 1.807) is 6.20 Å². The van der Waals surface area contributed by atoms with E-state index in [9.17, 15) is 0 Å². The summed E-state index contributed by atoms with van der Waals surface area (Å²) in [4.78, 5) is 4.00. The second-order valence-corrected chi connectivity index (χ2v) is 4.62. The molecule has 1 rings (SSSR count). The quantitative estimate of drug-likeness (QED) is 0.895. The number of hydrogen-bond acceptors (Lipinski definition) is 3. The molecule has 0 spiro atoms. The third-order valence-electron chi connectivity index (χ3n) is 0.909. The summed E-state index contributed by atoms with van der Waals surface area (Å²) in [5.41, 5.74) is 0. The second kappa shape index (κ2) is 4.09. The topological polar surface area (TPSA) is 24.9 Å². The van der Waals surface area contributed by atoms with E-state index < -0.39 is 0 Å². The van der Waals surface area contributed by atoms with Gasteiger partial charge in [-0.3, -0.25) is 0 Å². The molecular formula is C6H6BrClN2S. The highest BCUT2D eigenvalue weighted by Crippen LogP contribution is 2.22. The van der Waals surface area contributed by atoms with Crippen LogP contribution in [-0.2, 0) is 0 Å². The van der Waals surface area contributed by atoms with Gasteiger partial charge in [-0.2, -0.15) is 0 Å². The summed E-state index contributed by atoms with van der Waals surface area (Å²) < 4.78 is 1.58. The standard InChI is InChI=1S/C6H6BrClN2S/c1-4(7)2-9-6-10-3-5(8)11-6/h3H,1-2H2,(H,9,10). The highest BCUT2D eigenvalue weighted by Gasteiger charge is 1.97. The Bertz CT molecular complexity index is 261. The molecule has 5 heteroatoms. The molecule has 0 aliphatic carbocycles. The molecule has 1 heterocycles. The number of thiazole rings is 1. The molecule has 1 aromatic rings. The second-order valence-electron chi connectivity index (χ2n) is 1.84. The van der Waals surface area contributed by atoms with Crippen molar-refractivity contribution in [2.45, 2.75) is 0 Å². The molecule has 60 valence electrons. The summed E-state index contributed by atoms with van der Waals surface area (Å²) in [6.07, 6.45) is 1.62. The zero-order valence-corrected chi connectivity index (χ0v) is 8.76. The van der Waals surface area contributed by atoms with Crippen LogP contribution in [0.1, 0.15) is 0 Å². The van der Waals surface area contributed by atoms with E-state index in [0.717, 1.165) is 9.61 Å². The van der Waals surface area contributed by atoms with Crippen molar-refractivity contribution in [2.24, 2.45) is 0 Å². The maximum Gasteiger partial charge on any atom is 0.184 e. The van der Waals surface area contributed by atoms with Crippen LogP contribution >= 0.6 is 38.9 Å². The van der Waals surface area contributed by atoms with Crippen molar-refractivity contribution in [1.82, 2.24) is 4.98 Å². The number of halogens is 2. The van der Waals surface area contributed by atoms with Gasteiger partial charge in [0.05, 0.1) is 6.20 Å². The van der Waals surface area contributed by atoms with Gasteiger partial charge in [-0.25, -0.2) is 4.98 Å².